The number of anilines is 1. The standard InChI is InChI=1S/C13H10Cl3NS/c1-17-9-3-5-13(11(16)7-9)18-12-4-2-8(14)6-10(12)15/h2-7,17H,1H3. The Morgan fingerprint density at radius 3 is 2.06 bits per heavy atom. The highest BCUT2D eigenvalue weighted by Crippen LogP contribution is 2.38. The summed E-state index contributed by atoms with van der Waals surface area (Å²) < 4.78 is 0. The molecule has 0 heterocycles. The van der Waals surface area contributed by atoms with Crippen LogP contribution in [0.2, 0.25) is 15.1 Å². The minimum Gasteiger partial charge on any atom is -0.388 e. The molecule has 94 valence electrons. The molecule has 0 aliphatic carbocycles. The van der Waals surface area contributed by atoms with Crippen molar-refractivity contribution in [3.63, 3.8) is 0 Å². The first-order chi connectivity index (χ1) is 8.60. The van der Waals surface area contributed by atoms with E-state index in [0.717, 1.165) is 15.5 Å². The zero-order chi connectivity index (χ0) is 13.1. The summed E-state index contributed by atoms with van der Waals surface area (Å²) in [4.78, 5) is 1.89. The highest BCUT2D eigenvalue weighted by Gasteiger charge is 2.07. The number of nitrogens with one attached hydrogen (secondary N) is 1. The molecule has 0 aromatic heterocycles. The molecular weight excluding hydrogens is 309 g/mol. The largest absolute Gasteiger partial charge is 0.388 e. The van der Waals surface area contributed by atoms with E-state index in [9.17, 15) is 0 Å². The molecule has 0 aliphatic rings. The van der Waals surface area contributed by atoms with E-state index in [-0.39, 0.29) is 0 Å². The molecule has 0 fully saturated rings. The Bertz CT molecular complexity index is 572. The monoisotopic (exact) mass is 317 g/mol. The minimum atomic E-state index is 0.626. The van der Waals surface area contributed by atoms with E-state index in [4.69, 9.17) is 34.8 Å². The highest BCUT2D eigenvalue weighted by molar-refractivity contribution is 7.99. The Hall–Kier alpha value is -0.540. The van der Waals surface area contributed by atoms with Crippen molar-refractivity contribution in [3.8, 4) is 0 Å². The lowest BCUT2D eigenvalue weighted by atomic mass is 10.3. The normalized spacial score (nSPS) is 10.4. The van der Waals surface area contributed by atoms with Crippen LogP contribution < -0.4 is 5.32 Å². The molecule has 0 saturated heterocycles. The summed E-state index contributed by atoms with van der Waals surface area (Å²) in [5, 5.41) is 4.99. The summed E-state index contributed by atoms with van der Waals surface area (Å²) in [6.45, 7) is 0. The van der Waals surface area contributed by atoms with Gasteiger partial charge >= 0.3 is 0 Å². The Labute approximate surface area is 125 Å². The second kappa shape index (κ2) is 6.07. The van der Waals surface area contributed by atoms with E-state index in [0.29, 0.717) is 15.1 Å². The van der Waals surface area contributed by atoms with Crippen molar-refractivity contribution in [2.45, 2.75) is 9.79 Å². The van der Waals surface area contributed by atoms with Crippen molar-refractivity contribution in [2.24, 2.45) is 0 Å². The fourth-order valence-corrected chi connectivity index (χ4v) is 3.06. The van der Waals surface area contributed by atoms with Gasteiger partial charge in [0.2, 0.25) is 0 Å². The molecule has 0 aliphatic heterocycles. The molecule has 2 aromatic rings. The maximum atomic E-state index is 6.21. The number of hydrogen-bond donors (Lipinski definition) is 1. The fraction of sp³-hybridized carbons (Fsp3) is 0.0769. The lowest BCUT2D eigenvalue weighted by Gasteiger charge is -2.08. The molecule has 2 aromatic carbocycles. The third-order valence-electron chi connectivity index (χ3n) is 2.33. The molecule has 1 nitrogen and oxygen atoms in total. The van der Waals surface area contributed by atoms with Crippen LogP contribution in [0, 0.1) is 0 Å². The van der Waals surface area contributed by atoms with Crippen LogP contribution in [0.15, 0.2) is 46.2 Å². The van der Waals surface area contributed by atoms with Crippen molar-refractivity contribution in [1.82, 2.24) is 0 Å². The molecule has 0 bridgehead atoms. The van der Waals surface area contributed by atoms with E-state index >= 15 is 0 Å². The van der Waals surface area contributed by atoms with Gasteiger partial charge < -0.3 is 5.32 Å². The smallest absolute Gasteiger partial charge is 0.0566 e. The first kappa shape index (κ1) is 13.9. The van der Waals surface area contributed by atoms with Crippen LogP contribution in [-0.2, 0) is 0 Å². The lowest BCUT2D eigenvalue weighted by molar-refractivity contribution is 1.39. The van der Waals surface area contributed by atoms with Crippen molar-refractivity contribution in [2.75, 3.05) is 12.4 Å². The summed E-state index contributed by atoms with van der Waals surface area (Å²) in [5.41, 5.74) is 0.978. The summed E-state index contributed by atoms with van der Waals surface area (Å²) >= 11 is 19.7. The number of benzene rings is 2. The molecule has 18 heavy (non-hydrogen) atoms. The summed E-state index contributed by atoms with van der Waals surface area (Å²) in [6.07, 6.45) is 0. The minimum absolute atomic E-state index is 0.626. The van der Waals surface area contributed by atoms with E-state index in [2.05, 4.69) is 5.32 Å². The van der Waals surface area contributed by atoms with Gasteiger partial charge in [0, 0.05) is 27.5 Å². The lowest BCUT2D eigenvalue weighted by Crippen LogP contribution is -1.87. The average molecular weight is 319 g/mol. The van der Waals surface area contributed by atoms with Crippen LogP contribution in [0.25, 0.3) is 0 Å². The predicted molar refractivity (Wildman–Crippen MR) is 81.6 cm³/mol. The molecule has 0 spiro atoms. The third-order valence-corrected chi connectivity index (χ3v) is 4.57. The van der Waals surface area contributed by atoms with Gasteiger partial charge in [-0.2, -0.15) is 0 Å². The molecule has 0 atom stereocenters. The van der Waals surface area contributed by atoms with Crippen molar-refractivity contribution in [3.05, 3.63) is 51.5 Å². The van der Waals surface area contributed by atoms with Gasteiger partial charge in [-0.25, -0.2) is 0 Å². The molecule has 2 rings (SSSR count). The van der Waals surface area contributed by atoms with Crippen LogP contribution in [0.3, 0.4) is 0 Å². The Balaban J connectivity index is 2.28. The maximum Gasteiger partial charge on any atom is 0.0566 e. The second-order valence-electron chi connectivity index (χ2n) is 3.57. The average Bonchev–Trinajstić information content (AvgIpc) is 2.34. The van der Waals surface area contributed by atoms with Gasteiger partial charge in [0.1, 0.15) is 0 Å². The highest BCUT2D eigenvalue weighted by atomic mass is 35.5. The van der Waals surface area contributed by atoms with Crippen LogP contribution in [0.5, 0.6) is 0 Å². The number of halogens is 3. The van der Waals surface area contributed by atoms with E-state index in [1.807, 2.05) is 37.4 Å². The number of hydrogen-bond acceptors (Lipinski definition) is 2. The van der Waals surface area contributed by atoms with Gasteiger partial charge in [-0.3, -0.25) is 0 Å². The molecule has 5 heteroatoms. The predicted octanol–water partition coefficient (Wildman–Crippen LogP) is 5.84. The van der Waals surface area contributed by atoms with Crippen molar-refractivity contribution in [1.29, 1.82) is 0 Å². The summed E-state index contributed by atoms with van der Waals surface area (Å²) in [5.74, 6) is 0. The van der Waals surface area contributed by atoms with Crippen molar-refractivity contribution >= 4 is 52.3 Å². The quantitative estimate of drug-likeness (QED) is 0.763. The van der Waals surface area contributed by atoms with Gasteiger partial charge in [0.25, 0.3) is 0 Å². The zero-order valence-corrected chi connectivity index (χ0v) is 12.6. The number of rotatable bonds is 3. The summed E-state index contributed by atoms with van der Waals surface area (Å²) in [7, 11) is 1.86. The van der Waals surface area contributed by atoms with E-state index in [1.54, 1.807) is 6.07 Å². The molecule has 0 radical (unpaired) electrons. The molecular formula is C13H10Cl3NS. The second-order valence-corrected chi connectivity index (χ2v) is 5.91. The van der Waals surface area contributed by atoms with Gasteiger partial charge in [-0.1, -0.05) is 46.6 Å². The van der Waals surface area contributed by atoms with E-state index in [1.165, 1.54) is 11.8 Å². The van der Waals surface area contributed by atoms with E-state index < -0.39 is 0 Å². The fourth-order valence-electron chi connectivity index (χ4n) is 1.42. The third kappa shape index (κ3) is 3.27. The SMILES string of the molecule is CNc1ccc(Sc2ccc(Cl)cc2Cl)c(Cl)c1. The van der Waals surface area contributed by atoms with Gasteiger partial charge in [0.05, 0.1) is 10.0 Å². The maximum absolute atomic E-state index is 6.21. The summed E-state index contributed by atoms with van der Waals surface area (Å²) in [6, 6.07) is 11.2. The Morgan fingerprint density at radius 2 is 1.50 bits per heavy atom. The zero-order valence-electron chi connectivity index (χ0n) is 9.51. The Kier molecular flexibility index (Phi) is 4.68. The topological polar surface area (TPSA) is 12.0 Å². The van der Waals surface area contributed by atoms with Crippen molar-refractivity contribution < 1.29 is 0 Å². The first-order valence-electron chi connectivity index (χ1n) is 5.20. The van der Waals surface area contributed by atoms with Crippen LogP contribution in [-0.4, -0.2) is 7.05 Å². The molecule has 1 N–H and O–H groups in total. The van der Waals surface area contributed by atoms with Crippen LogP contribution in [0.4, 0.5) is 5.69 Å². The van der Waals surface area contributed by atoms with Crippen LogP contribution >= 0.6 is 46.6 Å². The Morgan fingerprint density at radius 1 is 0.889 bits per heavy atom. The van der Waals surface area contributed by atoms with Gasteiger partial charge in [-0.05, 0) is 36.4 Å². The molecule has 0 saturated carbocycles. The van der Waals surface area contributed by atoms with Gasteiger partial charge in [0.15, 0.2) is 0 Å². The van der Waals surface area contributed by atoms with Gasteiger partial charge in [-0.15, -0.1) is 0 Å². The van der Waals surface area contributed by atoms with Crippen LogP contribution in [0.1, 0.15) is 0 Å². The molecule has 0 unspecified atom stereocenters. The first-order valence-corrected chi connectivity index (χ1v) is 7.15. The molecule has 0 amide bonds.